The Balaban J connectivity index is 0.000000159. The smallest absolute Gasteiger partial charge is 0.151 e. The van der Waals surface area contributed by atoms with E-state index in [2.05, 4.69) is 185 Å². The second-order valence-corrected chi connectivity index (χ2v) is 12.1. The maximum Gasteiger partial charge on any atom is 0.151 e. The van der Waals surface area contributed by atoms with Crippen LogP contribution in [0.2, 0.25) is 0 Å². The highest BCUT2D eigenvalue weighted by atomic mass is 16.5. The minimum atomic E-state index is 0.906. The third-order valence-electron chi connectivity index (χ3n) is 8.10. The van der Waals surface area contributed by atoms with Crippen LogP contribution < -0.4 is 14.5 Å². The standard InChI is InChI=1S/C21H19NO.C21H21N/c1-14-4-8-17(9-5-14)22-18-10-6-15(2)12-20(18)23-21-13-16(3)7-11-19(21)22;1-16-4-10-19(11-5-16)22(20-12-6-17(2)7-13-20)21-14-8-18(3)9-15-21/h4-13H,1-3H3;4-15H,1-3H3. The molecule has 0 saturated carbocycles. The molecular weight excluding hydrogens is 548 g/mol. The van der Waals surface area contributed by atoms with Crippen molar-refractivity contribution < 1.29 is 4.74 Å². The van der Waals surface area contributed by atoms with Crippen molar-refractivity contribution in [3.05, 3.63) is 167 Å². The largest absolute Gasteiger partial charge is 0.453 e. The summed E-state index contributed by atoms with van der Waals surface area (Å²) >= 11 is 0. The van der Waals surface area contributed by atoms with E-state index in [1.54, 1.807) is 0 Å². The number of hydrogen-bond donors (Lipinski definition) is 0. The first-order valence-corrected chi connectivity index (χ1v) is 15.5. The Morgan fingerprint density at radius 1 is 0.378 bits per heavy atom. The SMILES string of the molecule is Cc1ccc(N(c2ccc(C)cc2)c2ccc(C)cc2)cc1.Cc1ccc(N2c3ccc(C)cc3Oc3cc(C)ccc32)cc1. The Bertz CT molecular complexity index is 1750. The Morgan fingerprint density at radius 3 is 1.04 bits per heavy atom. The van der Waals surface area contributed by atoms with E-state index >= 15 is 0 Å². The molecule has 6 aromatic rings. The molecule has 0 N–H and O–H groups in total. The second kappa shape index (κ2) is 12.8. The lowest BCUT2D eigenvalue weighted by molar-refractivity contribution is 0.476. The van der Waals surface area contributed by atoms with Gasteiger partial charge < -0.3 is 14.5 Å². The molecule has 3 heteroatoms. The summed E-state index contributed by atoms with van der Waals surface area (Å²) in [7, 11) is 0. The maximum atomic E-state index is 6.17. The average Bonchev–Trinajstić information content (AvgIpc) is 3.03. The number of hydrogen-bond acceptors (Lipinski definition) is 3. The third kappa shape index (κ3) is 6.63. The normalized spacial score (nSPS) is 11.5. The quantitative estimate of drug-likeness (QED) is 0.203. The molecule has 0 unspecified atom stereocenters. The van der Waals surface area contributed by atoms with Crippen LogP contribution in [0.5, 0.6) is 11.5 Å². The Morgan fingerprint density at radius 2 is 0.689 bits per heavy atom. The van der Waals surface area contributed by atoms with Gasteiger partial charge in [0.1, 0.15) is 0 Å². The van der Waals surface area contributed by atoms with E-state index in [9.17, 15) is 0 Å². The number of fused-ring (bicyclic) bond motifs is 2. The highest BCUT2D eigenvalue weighted by molar-refractivity contribution is 5.86. The summed E-state index contributed by atoms with van der Waals surface area (Å²) < 4.78 is 6.17. The summed E-state index contributed by atoms with van der Waals surface area (Å²) in [6, 6.07) is 47.3. The van der Waals surface area contributed by atoms with Crippen LogP contribution in [0.15, 0.2) is 133 Å². The van der Waals surface area contributed by atoms with Crippen LogP contribution in [-0.4, -0.2) is 0 Å². The van der Waals surface area contributed by atoms with Gasteiger partial charge in [0, 0.05) is 22.7 Å². The van der Waals surface area contributed by atoms with Crippen LogP contribution in [0.3, 0.4) is 0 Å². The van der Waals surface area contributed by atoms with Crippen molar-refractivity contribution in [1.29, 1.82) is 0 Å². The van der Waals surface area contributed by atoms with Gasteiger partial charge in [0.25, 0.3) is 0 Å². The van der Waals surface area contributed by atoms with Crippen molar-refractivity contribution in [2.45, 2.75) is 41.5 Å². The molecule has 0 saturated heterocycles. The van der Waals surface area contributed by atoms with Gasteiger partial charge in [0.05, 0.1) is 11.4 Å². The van der Waals surface area contributed by atoms with Gasteiger partial charge in [0.2, 0.25) is 0 Å². The number of benzene rings is 6. The molecule has 3 nitrogen and oxygen atoms in total. The van der Waals surface area contributed by atoms with E-state index in [0.717, 1.165) is 28.6 Å². The van der Waals surface area contributed by atoms with Gasteiger partial charge in [-0.25, -0.2) is 0 Å². The third-order valence-corrected chi connectivity index (χ3v) is 8.10. The summed E-state index contributed by atoms with van der Waals surface area (Å²) in [5.74, 6) is 1.81. The first kappa shape index (κ1) is 29.8. The van der Waals surface area contributed by atoms with Crippen molar-refractivity contribution in [2.75, 3.05) is 9.80 Å². The van der Waals surface area contributed by atoms with E-state index < -0.39 is 0 Å². The predicted octanol–water partition coefficient (Wildman–Crippen LogP) is 12.3. The zero-order valence-electron chi connectivity index (χ0n) is 27.0. The minimum absolute atomic E-state index is 0.906. The molecule has 0 atom stereocenters. The van der Waals surface area contributed by atoms with Crippen LogP contribution >= 0.6 is 0 Å². The molecule has 7 rings (SSSR count). The molecule has 224 valence electrons. The number of nitrogens with zero attached hydrogens (tertiary/aromatic N) is 2. The lowest BCUT2D eigenvalue weighted by Gasteiger charge is -2.33. The van der Waals surface area contributed by atoms with E-state index in [1.807, 2.05) is 0 Å². The molecule has 1 aliphatic rings. The van der Waals surface area contributed by atoms with Gasteiger partial charge in [-0.05, 0) is 125 Å². The highest BCUT2D eigenvalue weighted by Gasteiger charge is 2.25. The van der Waals surface area contributed by atoms with Crippen molar-refractivity contribution in [2.24, 2.45) is 0 Å². The van der Waals surface area contributed by atoms with E-state index in [-0.39, 0.29) is 0 Å². The highest BCUT2D eigenvalue weighted by Crippen LogP contribution is 2.50. The van der Waals surface area contributed by atoms with Crippen LogP contribution in [0.1, 0.15) is 33.4 Å². The molecule has 0 spiro atoms. The molecule has 1 heterocycles. The lowest BCUT2D eigenvalue weighted by Crippen LogP contribution is -2.16. The molecule has 0 aliphatic carbocycles. The summed E-state index contributed by atoms with van der Waals surface area (Å²) in [6.45, 7) is 12.6. The topological polar surface area (TPSA) is 15.7 Å². The predicted molar refractivity (Wildman–Crippen MR) is 191 cm³/mol. The summed E-state index contributed by atoms with van der Waals surface area (Å²) in [6.07, 6.45) is 0. The summed E-state index contributed by atoms with van der Waals surface area (Å²) in [5.41, 5.74) is 14.3. The molecular formula is C42H40N2O. The van der Waals surface area contributed by atoms with Gasteiger partial charge in [-0.3, -0.25) is 0 Å². The number of aryl methyl sites for hydroxylation is 6. The van der Waals surface area contributed by atoms with Crippen LogP contribution in [0, 0.1) is 41.5 Å². The van der Waals surface area contributed by atoms with Crippen molar-refractivity contribution in [1.82, 2.24) is 0 Å². The van der Waals surface area contributed by atoms with Crippen molar-refractivity contribution in [3.8, 4) is 11.5 Å². The Labute approximate surface area is 268 Å². The van der Waals surface area contributed by atoms with Crippen molar-refractivity contribution >= 4 is 34.1 Å². The molecule has 0 amide bonds. The van der Waals surface area contributed by atoms with Gasteiger partial charge in [-0.15, -0.1) is 0 Å². The molecule has 0 bridgehead atoms. The fourth-order valence-electron chi connectivity index (χ4n) is 5.52. The Hall–Kier alpha value is -5.28. The van der Waals surface area contributed by atoms with Gasteiger partial charge in [0.15, 0.2) is 11.5 Å². The zero-order valence-corrected chi connectivity index (χ0v) is 27.0. The molecule has 0 radical (unpaired) electrons. The van der Waals surface area contributed by atoms with E-state index in [0.29, 0.717) is 0 Å². The molecule has 45 heavy (non-hydrogen) atoms. The molecule has 6 aromatic carbocycles. The van der Waals surface area contributed by atoms with E-state index in [4.69, 9.17) is 4.74 Å². The molecule has 1 aliphatic heterocycles. The zero-order chi connectivity index (χ0) is 31.5. The van der Waals surface area contributed by atoms with Crippen LogP contribution in [0.25, 0.3) is 0 Å². The molecule has 0 fully saturated rings. The monoisotopic (exact) mass is 588 g/mol. The van der Waals surface area contributed by atoms with Crippen LogP contribution in [-0.2, 0) is 0 Å². The first-order chi connectivity index (χ1) is 21.7. The summed E-state index contributed by atoms with van der Waals surface area (Å²) in [5, 5.41) is 0. The van der Waals surface area contributed by atoms with Crippen molar-refractivity contribution in [3.63, 3.8) is 0 Å². The first-order valence-electron chi connectivity index (χ1n) is 15.5. The molecule has 0 aromatic heterocycles. The second-order valence-electron chi connectivity index (χ2n) is 12.1. The lowest BCUT2D eigenvalue weighted by atomic mass is 10.1. The fourth-order valence-corrected chi connectivity index (χ4v) is 5.52. The van der Waals surface area contributed by atoms with Gasteiger partial charge in [-0.2, -0.15) is 0 Å². The number of anilines is 6. The maximum absolute atomic E-state index is 6.17. The van der Waals surface area contributed by atoms with E-state index in [1.165, 1.54) is 50.4 Å². The summed E-state index contributed by atoms with van der Waals surface area (Å²) in [4.78, 5) is 4.56. The Kier molecular flexibility index (Phi) is 8.44. The fraction of sp³-hybridized carbons (Fsp3) is 0.143. The average molecular weight is 589 g/mol. The number of rotatable bonds is 4. The minimum Gasteiger partial charge on any atom is -0.453 e. The van der Waals surface area contributed by atoms with Crippen LogP contribution in [0.4, 0.5) is 34.1 Å². The van der Waals surface area contributed by atoms with Gasteiger partial charge in [-0.1, -0.05) is 82.9 Å². The number of ether oxygens (including phenoxy) is 1. The van der Waals surface area contributed by atoms with Gasteiger partial charge >= 0.3 is 0 Å².